The Bertz CT molecular complexity index is 1040. The van der Waals surface area contributed by atoms with Gasteiger partial charge in [-0.1, -0.05) is 11.6 Å². The Hall–Kier alpha value is -3.10. The van der Waals surface area contributed by atoms with E-state index in [1.165, 1.54) is 0 Å². The van der Waals surface area contributed by atoms with Gasteiger partial charge in [-0.15, -0.1) is 0 Å². The highest BCUT2D eigenvalue weighted by molar-refractivity contribution is 6.30. The molecule has 1 aliphatic heterocycles. The van der Waals surface area contributed by atoms with Gasteiger partial charge in [0, 0.05) is 37.3 Å². The summed E-state index contributed by atoms with van der Waals surface area (Å²) in [5.74, 6) is 0.0815. The van der Waals surface area contributed by atoms with Crippen molar-refractivity contribution in [3.63, 3.8) is 0 Å². The van der Waals surface area contributed by atoms with Crippen molar-refractivity contribution in [1.82, 2.24) is 19.6 Å². The van der Waals surface area contributed by atoms with E-state index in [1.54, 1.807) is 47.0 Å². The number of rotatable bonds is 5. The van der Waals surface area contributed by atoms with E-state index >= 15 is 0 Å². The highest BCUT2D eigenvalue weighted by atomic mass is 35.5. The number of carbonyl (C=O) groups is 2. The summed E-state index contributed by atoms with van der Waals surface area (Å²) in [6, 6.07) is 12.2. The molecule has 0 saturated carbocycles. The molecule has 1 fully saturated rings. The molecule has 30 heavy (non-hydrogen) atoms. The first-order valence-electron chi connectivity index (χ1n) is 9.66. The summed E-state index contributed by atoms with van der Waals surface area (Å²) in [6.45, 7) is 3.95. The molecule has 1 aliphatic rings. The number of carbonyl (C=O) groups excluding carboxylic acids is 2. The molecule has 156 valence electrons. The Balaban J connectivity index is 1.59. The zero-order valence-corrected chi connectivity index (χ0v) is 17.2. The van der Waals surface area contributed by atoms with Crippen molar-refractivity contribution >= 4 is 23.4 Å². The molecule has 3 aromatic rings. The van der Waals surface area contributed by atoms with E-state index in [9.17, 15) is 9.59 Å². The average molecular weight is 428 g/mol. The molecule has 0 radical (unpaired) electrons. The average Bonchev–Trinajstić information content (AvgIpc) is 3.43. The molecule has 9 heteroatoms. The van der Waals surface area contributed by atoms with E-state index in [1.807, 2.05) is 23.1 Å². The van der Waals surface area contributed by atoms with Crippen LogP contribution in [0.2, 0.25) is 5.02 Å². The molecule has 8 nitrogen and oxygen atoms in total. The number of hydrogen-bond acceptors (Lipinski definition) is 5. The number of nitrogens with two attached hydrogens (primary N) is 1. The standard InChI is InChI=1S/C21H22ClN5O3/c1-14(20(23)28)25-8-10-26(11-9-25)21(29)17-13-18(19-3-2-12-30-19)27(24-17)16-6-4-15(22)5-7-16/h2-7,12-14H,8-11H2,1H3,(H2,23,28). The predicted octanol–water partition coefficient (Wildman–Crippen LogP) is 2.42. The van der Waals surface area contributed by atoms with Gasteiger partial charge >= 0.3 is 0 Å². The Labute approximate surface area is 178 Å². The summed E-state index contributed by atoms with van der Waals surface area (Å²) in [7, 11) is 0. The van der Waals surface area contributed by atoms with Crippen LogP contribution in [0.1, 0.15) is 17.4 Å². The molecule has 0 spiro atoms. The van der Waals surface area contributed by atoms with E-state index in [0.717, 1.165) is 5.69 Å². The third kappa shape index (κ3) is 3.96. The number of nitrogens with zero attached hydrogens (tertiary/aromatic N) is 4. The molecule has 1 atom stereocenters. The summed E-state index contributed by atoms with van der Waals surface area (Å²) in [5.41, 5.74) is 7.16. The predicted molar refractivity (Wildman–Crippen MR) is 112 cm³/mol. The minimum atomic E-state index is -0.362. The zero-order valence-electron chi connectivity index (χ0n) is 16.5. The molecule has 0 aliphatic carbocycles. The Kier molecular flexibility index (Phi) is 5.61. The van der Waals surface area contributed by atoms with Gasteiger partial charge in [0.25, 0.3) is 5.91 Å². The number of piperazine rings is 1. The van der Waals surface area contributed by atoms with Crippen molar-refractivity contribution in [3.05, 3.63) is 59.4 Å². The normalized spacial score (nSPS) is 15.9. The van der Waals surface area contributed by atoms with E-state index in [2.05, 4.69) is 5.10 Å². The summed E-state index contributed by atoms with van der Waals surface area (Å²) < 4.78 is 7.22. The summed E-state index contributed by atoms with van der Waals surface area (Å²) in [4.78, 5) is 28.3. The van der Waals surface area contributed by atoms with Gasteiger partial charge < -0.3 is 15.1 Å². The quantitative estimate of drug-likeness (QED) is 0.674. The first-order valence-corrected chi connectivity index (χ1v) is 10.0. The van der Waals surface area contributed by atoms with E-state index in [0.29, 0.717) is 48.3 Å². The zero-order chi connectivity index (χ0) is 21.3. The van der Waals surface area contributed by atoms with E-state index in [4.69, 9.17) is 21.8 Å². The van der Waals surface area contributed by atoms with Crippen molar-refractivity contribution in [1.29, 1.82) is 0 Å². The van der Waals surface area contributed by atoms with Crippen LogP contribution in [0, 0.1) is 0 Å². The second kappa shape index (κ2) is 8.33. The smallest absolute Gasteiger partial charge is 0.274 e. The van der Waals surface area contributed by atoms with Crippen molar-refractivity contribution in [2.75, 3.05) is 26.2 Å². The Morgan fingerprint density at radius 1 is 1.13 bits per heavy atom. The fourth-order valence-electron chi connectivity index (χ4n) is 3.52. The fourth-order valence-corrected chi connectivity index (χ4v) is 3.64. The van der Waals surface area contributed by atoms with Gasteiger partial charge in [0.05, 0.1) is 18.0 Å². The van der Waals surface area contributed by atoms with Gasteiger partial charge in [-0.05, 0) is 43.3 Å². The van der Waals surface area contributed by atoms with Gasteiger partial charge in [-0.25, -0.2) is 4.68 Å². The van der Waals surface area contributed by atoms with E-state index in [-0.39, 0.29) is 17.9 Å². The number of primary amides is 1. The van der Waals surface area contributed by atoms with Crippen LogP contribution in [0.4, 0.5) is 0 Å². The van der Waals surface area contributed by atoms with Crippen LogP contribution in [0.15, 0.2) is 53.1 Å². The van der Waals surface area contributed by atoms with Gasteiger partial charge in [0.1, 0.15) is 5.69 Å². The number of aromatic nitrogens is 2. The fraction of sp³-hybridized carbons (Fsp3) is 0.286. The molecule has 0 bridgehead atoms. The largest absolute Gasteiger partial charge is 0.463 e. The van der Waals surface area contributed by atoms with Crippen LogP contribution in [0.25, 0.3) is 17.1 Å². The number of benzene rings is 1. The minimum absolute atomic E-state index is 0.165. The van der Waals surface area contributed by atoms with Crippen LogP contribution < -0.4 is 5.73 Å². The second-order valence-electron chi connectivity index (χ2n) is 7.19. The lowest BCUT2D eigenvalue weighted by Gasteiger charge is -2.36. The van der Waals surface area contributed by atoms with Gasteiger partial charge in [-0.2, -0.15) is 5.10 Å². The summed E-state index contributed by atoms with van der Waals surface area (Å²) in [6.07, 6.45) is 1.58. The van der Waals surface area contributed by atoms with Crippen LogP contribution in [-0.4, -0.2) is 63.6 Å². The van der Waals surface area contributed by atoms with Crippen molar-refractivity contribution in [2.24, 2.45) is 5.73 Å². The third-order valence-corrected chi connectivity index (χ3v) is 5.59. The number of hydrogen-bond donors (Lipinski definition) is 1. The maximum absolute atomic E-state index is 13.1. The van der Waals surface area contributed by atoms with Crippen LogP contribution in [-0.2, 0) is 4.79 Å². The minimum Gasteiger partial charge on any atom is -0.463 e. The lowest BCUT2D eigenvalue weighted by molar-refractivity contribution is -0.123. The van der Waals surface area contributed by atoms with Crippen LogP contribution in [0.5, 0.6) is 0 Å². The van der Waals surface area contributed by atoms with Crippen LogP contribution in [0.3, 0.4) is 0 Å². The lowest BCUT2D eigenvalue weighted by Crippen LogP contribution is -2.54. The molecule has 2 aromatic heterocycles. The van der Waals surface area contributed by atoms with Gasteiger partial charge in [0.2, 0.25) is 5.91 Å². The molecule has 1 aromatic carbocycles. The Morgan fingerprint density at radius 3 is 2.43 bits per heavy atom. The molecular weight excluding hydrogens is 406 g/mol. The first-order chi connectivity index (χ1) is 14.4. The third-order valence-electron chi connectivity index (χ3n) is 5.33. The molecule has 4 rings (SSSR count). The highest BCUT2D eigenvalue weighted by Crippen LogP contribution is 2.26. The lowest BCUT2D eigenvalue weighted by atomic mass is 10.2. The molecule has 2 N–H and O–H groups in total. The van der Waals surface area contributed by atoms with Crippen LogP contribution >= 0.6 is 11.6 Å². The number of amides is 2. The number of halogens is 1. The molecule has 2 amide bonds. The second-order valence-corrected chi connectivity index (χ2v) is 7.62. The van der Waals surface area contributed by atoms with E-state index < -0.39 is 0 Å². The van der Waals surface area contributed by atoms with Crippen molar-refractivity contribution in [3.8, 4) is 17.1 Å². The SMILES string of the molecule is CC(C(N)=O)N1CCN(C(=O)c2cc(-c3ccco3)n(-c3ccc(Cl)cc3)n2)CC1. The molecule has 1 saturated heterocycles. The summed E-state index contributed by atoms with van der Waals surface area (Å²) >= 11 is 6.01. The van der Waals surface area contributed by atoms with Gasteiger partial charge in [-0.3, -0.25) is 14.5 Å². The maximum Gasteiger partial charge on any atom is 0.274 e. The highest BCUT2D eigenvalue weighted by Gasteiger charge is 2.28. The monoisotopic (exact) mass is 427 g/mol. The van der Waals surface area contributed by atoms with Gasteiger partial charge in [0.15, 0.2) is 11.5 Å². The first kappa shape index (κ1) is 20.2. The molecular formula is C21H22ClN5O3. The Morgan fingerprint density at radius 2 is 1.83 bits per heavy atom. The molecule has 3 heterocycles. The number of furan rings is 1. The van der Waals surface area contributed by atoms with Crippen molar-refractivity contribution in [2.45, 2.75) is 13.0 Å². The molecule has 1 unspecified atom stereocenters. The topological polar surface area (TPSA) is 97.6 Å². The maximum atomic E-state index is 13.1. The summed E-state index contributed by atoms with van der Waals surface area (Å²) in [5, 5.41) is 5.17. The van der Waals surface area contributed by atoms with Crippen molar-refractivity contribution < 1.29 is 14.0 Å².